The minimum atomic E-state index is -1.12. The second-order valence-electron chi connectivity index (χ2n) is 6.64. The molecule has 0 bridgehead atoms. The van der Waals surface area contributed by atoms with Crippen molar-refractivity contribution in [2.24, 2.45) is 0 Å². The van der Waals surface area contributed by atoms with Crippen molar-refractivity contribution in [2.45, 2.75) is 38.8 Å². The molecule has 1 unspecified atom stereocenters. The van der Waals surface area contributed by atoms with Crippen LogP contribution in [0.2, 0.25) is 0 Å². The molecule has 0 aliphatic carbocycles. The van der Waals surface area contributed by atoms with E-state index in [1.807, 2.05) is 13.8 Å². The molecule has 27 heavy (non-hydrogen) atoms. The normalized spacial score (nSPS) is 12.9. The van der Waals surface area contributed by atoms with Gasteiger partial charge in [-0.2, -0.15) is 0 Å². The van der Waals surface area contributed by atoms with Gasteiger partial charge in [0.15, 0.2) is 0 Å². The summed E-state index contributed by atoms with van der Waals surface area (Å²) in [6.45, 7) is 5.43. The van der Waals surface area contributed by atoms with Crippen LogP contribution in [-0.4, -0.2) is 35.2 Å². The summed E-state index contributed by atoms with van der Waals surface area (Å²) in [6.07, 6.45) is 1.09. The molecule has 0 aliphatic heterocycles. The van der Waals surface area contributed by atoms with Gasteiger partial charge in [0.05, 0.1) is 30.7 Å². The Morgan fingerprint density at radius 1 is 1.26 bits per heavy atom. The average molecular weight is 372 g/mol. The molecule has 144 valence electrons. The van der Waals surface area contributed by atoms with Crippen molar-refractivity contribution in [3.63, 3.8) is 0 Å². The lowest BCUT2D eigenvalue weighted by Gasteiger charge is -2.30. The van der Waals surface area contributed by atoms with E-state index in [4.69, 9.17) is 9.47 Å². The lowest BCUT2D eigenvalue weighted by atomic mass is 9.88. The molecule has 7 heteroatoms. The van der Waals surface area contributed by atoms with Gasteiger partial charge in [-0.25, -0.2) is 4.98 Å². The molecule has 0 fully saturated rings. The van der Waals surface area contributed by atoms with Crippen LogP contribution < -0.4 is 14.8 Å². The summed E-state index contributed by atoms with van der Waals surface area (Å²) in [5.41, 5.74) is -0.180. The number of amides is 1. The Bertz CT molecular complexity index is 804. The number of aliphatic carboxylic acids is 1. The van der Waals surface area contributed by atoms with Gasteiger partial charge in [-0.1, -0.05) is 12.1 Å². The molecule has 0 saturated heterocycles. The van der Waals surface area contributed by atoms with E-state index in [-0.39, 0.29) is 12.5 Å². The number of benzene rings is 1. The molecule has 2 N–H and O–H groups in total. The fraction of sp³-hybridized carbons (Fsp3) is 0.350. The molecule has 0 radical (unpaired) electrons. The molecule has 1 atom stereocenters. The van der Waals surface area contributed by atoms with Crippen LogP contribution in [-0.2, 0) is 10.3 Å². The van der Waals surface area contributed by atoms with Crippen molar-refractivity contribution in [3.8, 4) is 11.6 Å². The number of pyridine rings is 1. The number of aromatic nitrogens is 1. The molecule has 1 amide bonds. The van der Waals surface area contributed by atoms with Gasteiger partial charge >= 0.3 is 5.97 Å². The Kier molecular flexibility index (Phi) is 6.39. The third kappa shape index (κ3) is 5.44. The average Bonchev–Trinajstić information content (AvgIpc) is 2.61. The van der Waals surface area contributed by atoms with Gasteiger partial charge < -0.3 is 19.9 Å². The van der Waals surface area contributed by atoms with E-state index in [0.717, 1.165) is 0 Å². The highest BCUT2D eigenvalue weighted by Crippen LogP contribution is 2.28. The van der Waals surface area contributed by atoms with E-state index in [2.05, 4.69) is 10.3 Å². The second kappa shape index (κ2) is 8.53. The number of carbonyl (C=O) groups excluding carboxylic acids is 1. The maximum atomic E-state index is 12.7. The minimum Gasteiger partial charge on any atom is -0.497 e. The van der Waals surface area contributed by atoms with Crippen LogP contribution in [0.25, 0.3) is 0 Å². The number of rotatable bonds is 8. The zero-order valence-corrected chi connectivity index (χ0v) is 15.9. The maximum Gasteiger partial charge on any atom is 0.306 e. The van der Waals surface area contributed by atoms with Crippen LogP contribution in [0.3, 0.4) is 0 Å². The number of hydrogen-bond donors (Lipinski definition) is 2. The van der Waals surface area contributed by atoms with Gasteiger partial charge in [0, 0.05) is 12.3 Å². The largest absolute Gasteiger partial charge is 0.497 e. The molecular weight excluding hydrogens is 348 g/mol. The predicted octanol–water partition coefficient (Wildman–Crippen LogP) is 3.00. The summed E-state index contributed by atoms with van der Waals surface area (Å²) in [7, 11) is 1.53. The van der Waals surface area contributed by atoms with Crippen molar-refractivity contribution in [3.05, 3.63) is 53.7 Å². The van der Waals surface area contributed by atoms with Gasteiger partial charge in [0.2, 0.25) is 5.88 Å². The molecule has 1 heterocycles. The van der Waals surface area contributed by atoms with E-state index >= 15 is 0 Å². The molecule has 0 aliphatic rings. The lowest BCUT2D eigenvalue weighted by molar-refractivity contribution is -0.138. The van der Waals surface area contributed by atoms with Crippen molar-refractivity contribution in [1.82, 2.24) is 10.3 Å². The minimum absolute atomic E-state index is 0.0240. The first kappa shape index (κ1) is 20.2. The SMILES string of the molecule is COc1cccc(C(C)(CC(=O)O)NC(=O)c2ccc(OC(C)C)nc2)c1. The highest BCUT2D eigenvalue weighted by molar-refractivity contribution is 5.94. The molecule has 7 nitrogen and oxygen atoms in total. The molecular formula is C20H24N2O5. The summed E-state index contributed by atoms with van der Waals surface area (Å²) in [4.78, 5) is 28.2. The number of carboxylic acids is 1. The highest BCUT2D eigenvalue weighted by Gasteiger charge is 2.32. The highest BCUT2D eigenvalue weighted by atomic mass is 16.5. The monoisotopic (exact) mass is 372 g/mol. The van der Waals surface area contributed by atoms with Gasteiger partial charge in [-0.05, 0) is 44.5 Å². The van der Waals surface area contributed by atoms with Gasteiger partial charge in [0.1, 0.15) is 5.75 Å². The lowest BCUT2D eigenvalue weighted by Crippen LogP contribution is -2.45. The van der Waals surface area contributed by atoms with Gasteiger partial charge in [-0.15, -0.1) is 0 Å². The summed E-state index contributed by atoms with van der Waals surface area (Å²) >= 11 is 0. The van der Waals surface area contributed by atoms with Gasteiger partial charge in [0.25, 0.3) is 5.91 Å². The summed E-state index contributed by atoms with van der Waals surface area (Å²) in [5, 5.41) is 12.1. The van der Waals surface area contributed by atoms with Crippen LogP contribution in [0.5, 0.6) is 11.6 Å². The maximum absolute atomic E-state index is 12.7. The quantitative estimate of drug-likeness (QED) is 0.739. The molecule has 2 aromatic rings. The Balaban J connectivity index is 2.26. The molecule has 1 aromatic carbocycles. The van der Waals surface area contributed by atoms with Crippen LogP contribution >= 0.6 is 0 Å². The number of carbonyl (C=O) groups is 2. The van der Waals surface area contributed by atoms with Crippen LogP contribution in [0, 0.1) is 0 Å². The summed E-state index contributed by atoms with van der Waals surface area (Å²) < 4.78 is 10.7. The first-order chi connectivity index (χ1) is 12.7. The van der Waals surface area contributed by atoms with Crippen LogP contribution in [0.1, 0.15) is 43.1 Å². The standard InChI is InChI=1S/C20H24N2O5/c1-13(2)27-17-9-8-14(12-21-17)19(25)22-20(3,11-18(23)24)15-6-5-7-16(10-15)26-4/h5-10,12-13H,11H2,1-4H3,(H,22,25)(H,23,24). The van der Waals surface area contributed by atoms with E-state index in [9.17, 15) is 14.7 Å². The number of methoxy groups -OCH3 is 1. The number of nitrogens with zero attached hydrogens (tertiary/aromatic N) is 1. The summed E-state index contributed by atoms with van der Waals surface area (Å²) in [5.74, 6) is -0.456. The molecule has 2 rings (SSSR count). The molecule has 0 spiro atoms. The second-order valence-corrected chi connectivity index (χ2v) is 6.64. The van der Waals surface area contributed by atoms with E-state index in [1.165, 1.54) is 13.3 Å². The number of hydrogen-bond acceptors (Lipinski definition) is 5. The molecule has 1 aromatic heterocycles. The molecule has 0 saturated carbocycles. The number of ether oxygens (including phenoxy) is 2. The van der Waals surface area contributed by atoms with Crippen molar-refractivity contribution in [2.75, 3.05) is 7.11 Å². The Morgan fingerprint density at radius 2 is 2.00 bits per heavy atom. The smallest absolute Gasteiger partial charge is 0.306 e. The van der Waals surface area contributed by atoms with Crippen molar-refractivity contribution in [1.29, 1.82) is 0 Å². The predicted molar refractivity (Wildman–Crippen MR) is 100 cm³/mol. The van der Waals surface area contributed by atoms with Crippen LogP contribution in [0.15, 0.2) is 42.6 Å². The third-order valence-corrected chi connectivity index (χ3v) is 3.96. The zero-order chi connectivity index (χ0) is 20.0. The van der Waals surface area contributed by atoms with Gasteiger partial charge in [-0.3, -0.25) is 9.59 Å². The van der Waals surface area contributed by atoms with E-state index in [0.29, 0.717) is 22.8 Å². The Labute approximate surface area is 158 Å². The van der Waals surface area contributed by atoms with E-state index in [1.54, 1.807) is 43.3 Å². The number of carboxylic acid groups (broad SMARTS) is 1. The fourth-order valence-electron chi connectivity index (χ4n) is 2.64. The fourth-order valence-corrected chi connectivity index (χ4v) is 2.64. The zero-order valence-electron chi connectivity index (χ0n) is 15.9. The topological polar surface area (TPSA) is 97.8 Å². The van der Waals surface area contributed by atoms with Crippen molar-refractivity contribution < 1.29 is 24.2 Å². The Morgan fingerprint density at radius 3 is 2.56 bits per heavy atom. The van der Waals surface area contributed by atoms with E-state index < -0.39 is 17.4 Å². The van der Waals surface area contributed by atoms with Crippen molar-refractivity contribution >= 4 is 11.9 Å². The van der Waals surface area contributed by atoms with Crippen LogP contribution in [0.4, 0.5) is 0 Å². The third-order valence-electron chi connectivity index (χ3n) is 3.96. The number of nitrogens with one attached hydrogen (secondary N) is 1. The summed E-state index contributed by atoms with van der Waals surface area (Å²) in [6, 6.07) is 10.2. The first-order valence-corrected chi connectivity index (χ1v) is 8.55. The Hall–Kier alpha value is -3.09. The first-order valence-electron chi connectivity index (χ1n) is 8.55.